The van der Waals surface area contributed by atoms with Gasteiger partial charge in [-0.05, 0) is 54.4 Å². The van der Waals surface area contributed by atoms with E-state index in [0.29, 0.717) is 18.5 Å². The maximum atomic E-state index is 12.8. The summed E-state index contributed by atoms with van der Waals surface area (Å²) in [4.78, 5) is 31.5. The Morgan fingerprint density at radius 2 is 1.56 bits per heavy atom. The van der Waals surface area contributed by atoms with Gasteiger partial charge < -0.3 is 15.1 Å². The Morgan fingerprint density at radius 1 is 0.794 bits per heavy atom. The highest BCUT2D eigenvalue weighted by Crippen LogP contribution is 2.24. The fraction of sp³-hybridized carbons (Fsp3) is 0.286. The second-order valence-electron chi connectivity index (χ2n) is 8.95. The molecule has 0 spiro atoms. The Labute approximate surface area is 200 Å². The third-order valence-corrected chi connectivity index (χ3v) is 6.61. The molecule has 3 aromatic rings. The van der Waals surface area contributed by atoms with E-state index < -0.39 is 0 Å². The summed E-state index contributed by atoms with van der Waals surface area (Å²) in [5.41, 5.74) is 4.63. The van der Waals surface area contributed by atoms with Crippen molar-refractivity contribution in [3.05, 3.63) is 90.0 Å². The van der Waals surface area contributed by atoms with Gasteiger partial charge in [-0.2, -0.15) is 0 Å². The van der Waals surface area contributed by atoms with Crippen LogP contribution in [0.5, 0.6) is 0 Å². The smallest absolute Gasteiger partial charge is 0.255 e. The van der Waals surface area contributed by atoms with Crippen LogP contribution in [-0.2, 0) is 11.3 Å². The summed E-state index contributed by atoms with van der Waals surface area (Å²) >= 11 is 0. The van der Waals surface area contributed by atoms with Crippen LogP contribution in [-0.4, -0.2) is 49.4 Å². The molecule has 5 rings (SSSR count). The van der Waals surface area contributed by atoms with Gasteiger partial charge in [0.1, 0.15) is 0 Å². The second kappa shape index (κ2) is 10.1. The van der Waals surface area contributed by atoms with Gasteiger partial charge in [-0.1, -0.05) is 36.4 Å². The van der Waals surface area contributed by atoms with Crippen LogP contribution in [0.3, 0.4) is 0 Å². The number of carbonyl (C=O) groups is 2. The molecular weight excluding hydrogens is 424 g/mol. The lowest BCUT2D eigenvalue weighted by Gasteiger charge is -2.36. The van der Waals surface area contributed by atoms with Crippen molar-refractivity contribution in [2.75, 3.05) is 47.8 Å². The molecule has 0 atom stereocenters. The van der Waals surface area contributed by atoms with Crippen molar-refractivity contribution < 1.29 is 9.59 Å². The maximum Gasteiger partial charge on any atom is 0.255 e. The molecule has 2 amide bonds. The summed E-state index contributed by atoms with van der Waals surface area (Å²) in [6.45, 7) is 5.74. The molecule has 0 unspecified atom stereocenters. The Kier molecular flexibility index (Phi) is 6.58. The molecule has 6 nitrogen and oxygen atoms in total. The highest BCUT2D eigenvalue weighted by atomic mass is 16.2. The Morgan fingerprint density at radius 3 is 2.26 bits per heavy atom. The van der Waals surface area contributed by atoms with E-state index in [9.17, 15) is 9.59 Å². The van der Waals surface area contributed by atoms with E-state index in [2.05, 4.69) is 57.6 Å². The lowest BCUT2D eigenvalue weighted by atomic mass is 10.1. The fourth-order valence-corrected chi connectivity index (χ4v) is 4.70. The van der Waals surface area contributed by atoms with Gasteiger partial charge in [-0.3, -0.25) is 14.5 Å². The Bertz CT molecular complexity index is 1140. The van der Waals surface area contributed by atoms with Crippen LogP contribution >= 0.6 is 0 Å². The number of carbonyl (C=O) groups excluding carboxylic acids is 2. The molecule has 2 saturated heterocycles. The summed E-state index contributed by atoms with van der Waals surface area (Å²) < 4.78 is 0. The third-order valence-electron chi connectivity index (χ3n) is 6.61. The lowest BCUT2D eigenvalue weighted by Crippen LogP contribution is -2.45. The molecule has 34 heavy (non-hydrogen) atoms. The molecule has 2 aliphatic heterocycles. The number of amides is 2. The first-order valence-corrected chi connectivity index (χ1v) is 12.0. The Balaban J connectivity index is 1.16. The predicted molar refractivity (Wildman–Crippen MR) is 136 cm³/mol. The van der Waals surface area contributed by atoms with Crippen molar-refractivity contribution in [1.82, 2.24) is 4.90 Å². The van der Waals surface area contributed by atoms with Crippen LogP contribution in [0.2, 0.25) is 0 Å². The minimum absolute atomic E-state index is 0.119. The number of hydrogen-bond donors (Lipinski definition) is 1. The van der Waals surface area contributed by atoms with Crippen molar-refractivity contribution in [1.29, 1.82) is 0 Å². The third kappa shape index (κ3) is 5.13. The van der Waals surface area contributed by atoms with Crippen molar-refractivity contribution in [3.8, 4) is 0 Å². The van der Waals surface area contributed by atoms with E-state index in [1.165, 1.54) is 11.3 Å². The zero-order valence-corrected chi connectivity index (χ0v) is 19.3. The van der Waals surface area contributed by atoms with Crippen molar-refractivity contribution in [2.45, 2.75) is 19.4 Å². The molecule has 0 radical (unpaired) electrons. The van der Waals surface area contributed by atoms with Gasteiger partial charge in [0.2, 0.25) is 5.91 Å². The molecule has 0 bridgehead atoms. The van der Waals surface area contributed by atoms with Crippen molar-refractivity contribution in [3.63, 3.8) is 0 Å². The van der Waals surface area contributed by atoms with Crippen LogP contribution in [0, 0.1) is 0 Å². The van der Waals surface area contributed by atoms with Gasteiger partial charge in [0.15, 0.2) is 0 Å². The largest absolute Gasteiger partial charge is 0.369 e. The van der Waals surface area contributed by atoms with Gasteiger partial charge in [-0.25, -0.2) is 0 Å². The van der Waals surface area contributed by atoms with E-state index in [4.69, 9.17) is 0 Å². The molecule has 0 aromatic heterocycles. The second-order valence-corrected chi connectivity index (χ2v) is 8.95. The summed E-state index contributed by atoms with van der Waals surface area (Å²) in [5, 5.41) is 2.98. The first-order chi connectivity index (χ1) is 16.7. The number of benzene rings is 3. The standard InChI is InChI=1S/C28H30N4O2/c33-27-10-5-15-32(27)26-9-4-8-23(20-26)28(34)29-24-11-13-25(14-12-24)31-18-16-30(17-19-31)21-22-6-2-1-3-7-22/h1-4,6-9,11-14,20H,5,10,15-19,21H2,(H,29,34). The topological polar surface area (TPSA) is 55.9 Å². The summed E-state index contributed by atoms with van der Waals surface area (Å²) in [5.74, 6) is -0.0511. The van der Waals surface area contributed by atoms with Gasteiger partial charge in [-0.15, -0.1) is 0 Å². The minimum Gasteiger partial charge on any atom is -0.369 e. The van der Waals surface area contributed by atoms with Crippen molar-refractivity contribution >= 4 is 28.9 Å². The summed E-state index contributed by atoms with van der Waals surface area (Å²) in [7, 11) is 0. The number of nitrogens with one attached hydrogen (secondary N) is 1. The van der Waals surface area contributed by atoms with Crippen LogP contribution in [0.4, 0.5) is 17.1 Å². The zero-order valence-electron chi connectivity index (χ0n) is 19.3. The quantitative estimate of drug-likeness (QED) is 0.600. The highest BCUT2D eigenvalue weighted by Gasteiger charge is 2.22. The Hall–Kier alpha value is -3.64. The van der Waals surface area contributed by atoms with Gasteiger partial charge in [0, 0.05) is 68.3 Å². The average molecular weight is 455 g/mol. The molecule has 174 valence electrons. The first-order valence-electron chi connectivity index (χ1n) is 12.0. The van der Waals surface area contributed by atoms with Crippen LogP contribution in [0.1, 0.15) is 28.8 Å². The average Bonchev–Trinajstić information content (AvgIpc) is 3.31. The number of piperazine rings is 1. The minimum atomic E-state index is -0.171. The van der Waals surface area contributed by atoms with Gasteiger partial charge in [0.25, 0.3) is 5.91 Å². The molecule has 2 aliphatic rings. The molecule has 2 fully saturated rings. The van der Waals surface area contributed by atoms with Gasteiger partial charge in [0.05, 0.1) is 0 Å². The lowest BCUT2D eigenvalue weighted by molar-refractivity contribution is -0.117. The SMILES string of the molecule is O=C(Nc1ccc(N2CCN(Cc3ccccc3)CC2)cc1)c1cccc(N2CCCC2=O)c1. The molecular formula is C28H30N4O2. The number of anilines is 3. The van der Waals surface area contributed by atoms with E-state index in [1.54, 1.807) is 17.0 Å². The first kappa shape index (κ1) is 22.2. The number of nitrogens with zero attached hydrogens (tertiary/aromatic N) is 3. The normalized spacial score (nSPS) is 16.6. The molecule has 0 saturated carbocycles. The van der Waals surface area contributed by atoms with E-state index >= 15 is 0 Å². The summed E-state index contributed by atoms with van der Waals surface area (Å²) in [6.07, 6.45) is 1.44. The zero-order chi connectivity index (χ0) is 23.3. The van der Waals surface area contributed by atoms with Crippen LogP contribution in [0.15, 0.2) is 78.9 Å². The summed E-state index contributed by atoms with van der Waals surface area (Å²) in [6, 6.07) is 26.0. The van der Waals surface area contributed by atoms with Crippen LogP contribution < -0.4 is 15.1 Å². The monoisotopic (exact) mass is 454 g/mol. The van der Waals surface area contributed by atoms with Crippen LogP contribution in [0.25, 0.3) is 0 Å². The molecule has 0 aliphatic carbocycles. The van der Waals surface area contributed by atoms with E-state index in [0.717, 1.165) is 50.5 Å². The fourth-order valence-electron chi connectivity index (χ4n) is 4.70. The number of hydrogen-bond acceptors (Lipinski definition) is 4. The molecule has 2 heterocycles. The molecule has 1 N–H and O–H groups in total. The van der Waals surface area contributed by atoms with E-state index in [-0.39, 0.29) is 11.8 Å². The van der Waals surface area contributed by atoms with E-state index in [1.807, 2.05) is 24.3 Å². The highest BCUT2D eigenvalue weighted by molar-refractivity contribution is 6.05. The van der Waals surface area contributed by atoms with Gasteiger partial charge >= 0.3 is 0 Å². The maximum absolute atomic E-state index is 12.8. The molecule has 6 heteroatoms. The molecule has 3 aromatic carbocycles. The van der Waals surface area contributed by atoms with Crippen molar-refractivity contribution in [2.24, 2.45) is 0 Å². The predicted octanol–water partition coefficient (Wildman–Crippen LogP) is 4.39. The number of rotatable bonds is 6.